The van der Waals surface area contributed by atoms with Gasteiger partial charge in [-0.05, 0) is 37.6 Å². The quantitative estimate of drug-likeness (QED) is 0.701. The van der Waals surface area contributed by atoms with E-state index >= 15 is 0 Å². The highest BCUT2D eigenvalue weighted by molar-refractivity contribution is 6.33. The van der Waals surface area contributed by atoms with E-state index in [1.807, 2.05) is 6.92 Å². The molecule has 3 rings (SSSR count). The van der Waals surface area contributed by atoms with Gasteiger partial charge in [-0.2, -0.15) is 0 Å². The lowest BCUT2D eigenvalue weighted by Gasteiger charge is -2.32. The Hall–Kier alpha value is -1.95. The lowest BCUT2D eigenvalue weighted by atomic mass is 10.1. The van der Waals surface area contributed by atoms with Crippen LogP contribution in [-0.2, 0) is 11.3 Å². The van der Waals surface area contributed by atoms with Crippen LogP contribution in [0.1, 0.15) is 18.1 Å². The van der Waals surface area contributed by atoms with Crippen LogP contribution in [0.15, 0.2) is 42.5 Å². The van der Waals surface area contributed by atoms with Crippen molar-refractivity contribution in [3.8, 4) is 0 Å². The monoisotopic (exact) mass is 391 g/mol. The summed E-state index contributed by atoms with van der Waals surface area (Å²) < 4.78 is 13.1. The first-order valence-electron chi connectivity index (χ1n) is 9.42. The number of halogens is 2. The minimum absolute atomic E-state index is 0.0825. The van der Waals surface area contributed by atoms with E-state index in [9.17, 15) is 9.18 Å². The summed E-state index contributed by atoms with van der Waals surface area (Å²) >= 11 is 6.01. The molecule has 1 amide bonds. The zero-order valence-electron chi connectivity index (χ0n) is 15.8. The first-order valence-corrected chi connectivity index (χ1v) is 9.80. The minimum Gasteiger partial charge on any atom is -0.322 e. The SMILES string of the molecule is Cc1ccccc1C[NH+]1CC[NH+]([C@@H](C)C(=O)Nc2ccc(F)cc2Cl)CC1. The summed E-state index contributed by atoms with van der Waals surface area (Å²) in [6.07, 6.45) is 0. The van der Waals surface area contributed by atoms with Gasteiger partial charge in [0.05, 0.1) is 10.7 Å². The zero-order valence-corrected chi connectivity index (χ0v) is 16.6. The van der Waals surface area contributed by atoms with Crippen LogP contribution >= 0.6 is 11.6 Å². The van der Waals surface area contributed by atoms with Crippen molar-refractivity contribution in [1.82, 2.24) is 0 Å². The summed E-state index contributed by atoms with van der Waals surface area (Å²) in [5, 5.41) is 3.05. The predicted molar refractivity (Wildman–Crippen MR) is 106 cm³/mol. The highest BCUT2D eigenvalue weighted by Crippen LogP contribution is 2.22. The highest BCUT2D eigenvalue weighted by Gasteiger charge is 2.31. The molecule has 1 aliphatic rings. The Balaban J connectivity index is 1.52. The third kappa shape index (κ3) is 5.06. The Morgan fingerprint density at radius 3 is 2.56 bits per heavy atom. The molecule has 1 atom stereocenters. The molecular weight excluding hydrogens is 365 g/mol. The summed E-state index contributed by atoms with van der Waals surface area (Å²) in [4.78, 5) is 15.4. The fourth-order valence-corrected chi connectivity index (χ4v) is 3.84. The maximum absolute atomic E-state index is 13.1. The van der Waals surface area contributed by atoms with Gasteiger partial charge in [-0.1, -0.05) is 35.9 Å². The van der Waals surface area contributed by atoms with E-state index in [0.29, 0.717) is 5.69 Å². The molecule has 0 bridgehead atoms. The normalized spacial score (nSPS) is 20.9. The van der Waals surface area contributed by atoms with Gasteiger partial charge in [-0.15, -0.1) is 0 Å². The molecule has 27 heavy (non-hydrogen) atoms. The van der Waals surface area contributed by atoms with Gasteiger partial charge in [-0.25, -0.2) is 4.39 Å². The van der Waals surface area contributed by atoms with E-state index in [2.05, 4.69) is 36.5 Å². The second kappa shape index (κ2) is 8.83. The summed E-state index contributed by atoms with van der Waals surface area (Å²) in [6, 6.07) is 12.4. The van der Waals surface area contributed by atoms with Crippen molar-refractivity contribution in [2.24, 2.45) is 0 Å². The zero-order chi connectivity index (χ0) is 19.4. The largest absolute Gasteiger partial charge is 0.322 e. The Morgan fingerprint density at radius 1 is 1.19 bits per heavy atom. The number of piperazine rings is 1. The Morgan fingerprint density at radius 2 is 1.89 bits per heavy atom. The fraction of sp³-hybridized carbons (Fsp3) is 0.381. The van der Waals surface area contributed by atoms with Crippen molar-refractivity contribution >= 4 is 23.2 Å². The number of aryl methyl sites for hydroxylation is 1. The third-order valence-electron chi connectivity index (χ3n) is 5.50. The van der Waals surface area contributed by atoms with E-state index in [-0.39, 0.29) is 17.0 Å². The number of quaternary nitrogens is 2. The molecule has 0 saturated carbocycles. The first kappa shape index (κ1) is 19.8. The summed E-state index contributed by atoms with van der Waals surface area (Å²) in [5.41, 5.74) is 3.19. The van der Waals surface area contributed by atoms with Crippen LogP contribution in [0.3, 0.4) is 0 Å². The molecule has 1 aliphatic heterocycles. The van der Waals surface area contributed by atoms with Gasteiger partial charge in [0.15, 0.2) is 6.04 Å². The van der Waals surface area contributed by atoms with Crippen LogP contribution in [0, 0.1) is 12.7 Å². The number of benzene rings is 2. The van der Waals surface area contributed by atoms with Gasteiger partial charge in [-0.3, -0.25) is 4.79 Å². The Labute approximate surface area is 164 Å². The van der Waals surface area contributed by atoms with Crippen molar-refractivity contribution in [2.75, 3.05) is 31.5 Å². The Kier molecular flexibility index (Phi) is 6.47. The molecule has 3 N–H and O–H groups in total. The maximum Gasteiger partial charge on any atom is 0.282 e. The molecule has 1 heterocycles. The number of amides is 1. The molecule has 0 spiro atoms. The van der Waals surface area contributed by atoms with Gasteiger partial charge < -0.3 is 15.1 Å². The smallest absolute Gasteiger partial charge is 0.282 e. The standard InChI is InChI=1S/C21H25ClFN3O/c1-15-5-3-4-6-17(15)14-25-9-11-26(12-10-25)16(2)21(27)24-20-8-7-18(23)13-19(20)22/h3-8,13,16H,9-12,14H2,1-2H3,(H,24,27)/p+2/t16-/m0/s1. The molecule has 144 valence electrons. The summed E-state index contributed by atoms with van der Waals surface area (Å²) in [6.45, 7) is 9.11. The topological polar surface area (TPSA) is 38.0 Å². The van der Waals surface area contributed by atoms with Gasteiger partial charge in [0.2, 0.25) is 0 Å². The second-order valence-electron chi connectivity index (χ2n) is 7.35. The first-order chi connectivity index (χ1) is 12.9. The van der Waals surface area contributed by atoms with Crippen LogP contribution in [0.25, 0.3) is 0 Å². The van der Waals surface area contributed by atoms with Crippen molar-refractivity contribution in [1.29, 1.82) is 0 Å². The maximum atomic E-state index is 13.1. The van der Waals surface area contributed by atoms with Crippen LogP contribution in [-0.4, -0.2) is 38.1 Å². The lowest BCUT2D eigenvalue weighted by molar-refractivity contribution is -1.02. The van der Waals surface area contributed by atoms with E-state index in [1.54, 1.807) is 4.90 Å². The fourth-order valence-electron chi connectivity index (χ4n) is 3.63. The van der Waals surface area contributed by atoms with Crippen LogP contribution < -0.4 is 15.1 Å². The predicted octanol–water partition coefficient (Wildman–Crippen LogP) is 1.10. The number of hydrogen-bond donors (Lipinski definition) is 3. The number of carbonyl (C=O) groups excluding carboxylic acids is 1. The van der Waals surface area contributed by atoms with E-state index in [0.717, 1.165) is 32.7 Å². The molecule has 1 saturated heterocycles. The van der Waals surface area contributed by atoms with E-state index in [4.69, 9.17) is 11.6 Å². The molecule has 0 aliphatic carbocycles. The van der Waals surface area contributed by atoms with E-state index < -0.39 is 5.82 Å². The molecule has 2 aromatic rings. The third-order valence-corrected chi connectivity index (χ3v) is 5.81. The van der Waals surface area contributed by atoms with Gasteiger partial charge >= 0.3 is 0 Å². The van der Waals surface area contributed by atoms with Crippen molar-refractivity contribution in [2.45, 2.75) is 26.4 Å². The second-order valence-corrected chi connectivity index (χ2v) is 7.75. The number of nitrogens with one attached hydrogen (secondary N) is 3. The highest BCUT2D eigenvalue weighted by atomic mass is 35.5. The molecule has 0 unspecified atom stereocenters. The van der Waals surface area contributed by atoms with Gasteiger partial charge in [0, 0.05) is 5.56 Å². The number of rotatable bonds is 5. The van der Waals surface area contributed by atoms with Crippen LogP contribution in [0.5, 0.6) is 0 Å². The minimum atomic E-state index is -0.413. The number of anilines is 1. The van der Waals surface area contributed by atoms with Crippen molar-refractivity contribution in [3.05, 3.63) is 64.4 Å². The van der Waals surface area contributed by atoms with Gasteiger partial charge in [0.1, 0.15) is 38.5 Å². The molecule has 6 heteroatoms. The van der Waals surface area contributed by atoms with Crippen molar-refractivity contribution in [3.63, 3.8) is 0 Å². The number of hydrogen-bond acceptors (Lipinski definition) is 1. The molecule has 1 fully saturated rings. The molecule has 0 radical (unpaired) electrons. The average molecular weight is 392 g/mol. The number of carbonyl (C=O) groups is 1. The van der Waals surface area contributed by atoms with Crippen molar-refractivity contribution < 1.29 is 19.0 Å². The molecule has 0 aromatic heterocycles. The average Bonchev–Trinajstić information content (AvgIpc) is 2.66. The van der Waals surface area contributed by atoms with Crippen LogP contribution in [0.4, 0.5) is 10.1 Å². The lowest BCUT2D eigenvalue weighted by Crippen LogP contribution is -3.29. The summed E-state index contributed by atoms with van der Waals surface area (Å²) in [5.74, 6) is -0.495. The Bertz CT molecular complexity index is 806. The molecular formula is C21H27ClFN3O+2. The van der Waals surface area contributed by atoms with Gasteiger partial charge in [0.25, 0.3) is 5.91 Å². The molecule has 4 nitrogen and oxygen atoms in total. The van der Waals surface area contributed by atoms with E-state index in [1.165, 1.54) is 34.2 Å². The summed E-state index contributed by atoms with van der Waals surface area (Å²) in [7, 11) is 0. The molecule has 2 aromatic carbocycles. The van der Waals surface area contributed by atoms with Crippen LogP contribution in [0.2, 0.25) is 5.02 Å².